The maximum atomic E-state index is 11.5. The molecule has 0 atom stereocenters. The van der Waals surface area contributed by atoms with E-state index in [0.717, 1.165) is 12.2 Å². The first-order valence-electron chi connectivity index (χ1n) is 4.70. The maximum Gasteiger partial charge on any atom is 0.252 e. The van der Waals surface area contributed by atoms with Gasteiger partial charge in [0.2, 0.25) is 5.56 Å². The molecule has 0 spiro atoms. The molecule has 0 aliphatic rings. The van der Waals surface area contributed by atoms with E-state index in [2.05, 4.69) is 10.3 Å². The van der Waals surface area contributed by atoms with Crippen molar-refractivity contribution in [2.24, 2.45) is 0 Å². The third kappa shape index (κ3) is 4.20. The fraction of sp³-hybridized carbons (Fsp3) is 0.400. The molecule has 5 heteroatoms. The Kier molecular flexibility index (Phi) is 4.97. The van der Waals surface area contributed by atoms with Gasteiger partial charge in [-0.2, -0.15) is 11.8 Å². The third-order valence-corrected chi connectivity index (χ3v) is 2.55. The summed E-state index contributed by atoms with van der Waals surface area (Å²) in [6, 6.07) is 2.86. The Labute approximate surface area is 92.5 Å². The standard InChI is InChI=1S/C10H14N2O2S/c1-15-6-2-5-11-10(14)8-3-4-9(13)12-7-8/h3-4,7H,2,5-6H2,1H3,(H,11,14)(H,12,13). The van der Waals surface area contributed by atoms with Crippen molar-refractivity contribution in [2.75, 3.05) is 18.6 Å². The van der Waals surface area contributed by atoms with Crippen LogP contribution in [-0.4, -0.2) is 29.4 Å². The molecule has 1 heterocycles. The van der Waals surface area contributed by atoms with Gasteiger partial charge in [-0.05, 0) is 24.5 Å². The van der Waals surface area contributed by atoms with E-state index < -0.39 is 0 Å². The van der Waals surface area contributed by atoms with Crippen molar-refractivity contribution in [3.8, 4) is 0 Å². The van der Waals surface area contributed by atoms with Crippen LogP contribution >= 0.6 is 11.8 Å². The highest BCUT2D eigenvalue weighted by Crippen LogP contribution is 1.95. The van der Waals surface area contributed by atoms with Gasteiger partial charge in [0, 0.05) is 18.8 Å². The highest BCUT2D eigenvalue weighted by atomic mass is 32.2. The van der Waals surface area contributed by atoms with Gasteiger partial charge in [-0.1, -0.05) is 0 Å². The molecule has 1 amide bonds. The molecule has 82 valence electrons. The van der Waals surface area contributed by atoms with E-state index in [-0.39, 0.29) is 11.5 Å². The van der Waals surface area contributed by atoms with Crippen LogP contribution in [0.15, 0.2) is 23.1 Å². The van der Waals surface area contributed by atoms with Crippen LogP contribution in [0.2, 0.25) is 0 Å². The van der Waals surface area contributed by atoms with Gasteiger partial charge in [0.05, 0.1) is 5.56 Å². The topological polar surface area (TPSA) is 62.0 Å². The van der Waals surface area contributed by atoms with Crippen molar-refractivity contribution in [3.63, 3.8) is 0 Å². The summed E-state index contributed by atoms with van der Waals surface area (Å²) in [6.45, 7) is 0.665. The van der Waals surface area contributed by atoms with Crippen LogP contribution in [0, 0.1) is 0 Å². The van der Waals surface area contributed by atoms with Crippen LogP contribution in [0.3, 0.4) is 0 Å². The average Bonchev–Trinajstić information content (AvgIpc) is 2.25. The second kappa shape index (κ2) is 6.29. The van der Waals surface area contributed by atoms with E-state index in [9.17, 15) is 9.59 Å². The lowest BCUT2D eigenvalue weighted by Crippen LogP contribution is -2.25. The number of amides is 1. The normalized spacial score (nSPS) is 9.93. The minimum absolute atomic E-state index is 0.146. The number of carbonyl (C=O) groups is 1. The summed E-state index contributed by atoms with van der Waals surface area (Å²) >= 11 is 1.75. The molecule has 0 aliphatic carbocycles. The molecule has 1 aromatic rings. The van der Waals surface area contributed by atoms with E-state index in [1.807, 2.05) is 6.26 Å². The van der Waals surface area contributed by atoms with Crippen LogP contribution in [0.1, 0.15) is 16.8 Å². The van der Waals surface area contributed by atoms with Crippen LogP contribution in [0.4, 0.5) is 0 Å². The molecular weight excluding hydrogens is 212 g/mol. The minimum Gasteiger partial charge on any atom is -0.352 e. The first-order valence-corrected chi connectivity index (χ1v) is 6.09. The smallest absolute Gasteiger partial charge is 0.252 e. The Hall–Kier alpha value is -1.23. The van der Waals surface area contributed by atoms with Crippen molar-refractivity contribution in [2.45, 2.75) is 6.42 Å². The van der Waals surface area contributed by atoms with Gasteiger partial charge < -0.3 is 10.3 Å². The lowest BCUT2D eigenvalue weighted by Gasteiger charge is -2.03. The lowest BCUT2D eigenvalue weighted by atomic mass is 10.2. The molecule has 4 nitrogen and oxygen atoms in total. The van der Waals surface area contributed by atoms with E-state index in [1.54, 1.807) is 11.8 Å². The van der Waals surface area contributed by atoms with Gasteiger partial charge >= 0.3 is 0 Å². The van der Waals surface area contributed by atoms with Gasteiger partial charge in [0.25, 0.3) is 5.91 Å². The number of rotatable bonds is 5. The van der Waals surface area contributed by atoms with E-state index in [0.29, 0.717) is 12.1 Å². The molecule has 0 unspecified atom stereocenters. The quantitative estimate of drug-likeness (QED) is 0.732. The minimum atomic E-state index is -0.200. The second-order valence-electron chi connectivity index (χ2n) is 3.04. The summed E-state index contributed by atoms with van der Waals surface area (Å²) in [4.78, 5) is 24.7. The number of thioether (sulfide) groups is 1. The number of pyridine rings is 1. The van der Waals surface area contributed by atoms with Gasteiger partial charge in [-0.3, -0.25) is 9.59 Å². The first-order chi connectivity index (χ1) is 7.24. The molecule has 0 bridgehead atoms. The lowest BCUT2D eigenvalue weighted by molar-refractivity contribution is 0.0953. The molecule has 0 aliphatic heterocycles. The number of aromatic amines is 1. The zero-order valence-electron chi connectivity index (χ0n) is 8.58. The number of hydrogen-bond donors (Lipinski definition) is 2. The zero-order valence-corrected chi connectivity index (χ0v) is 9.39. The Morgan fingerprint density at radius 3 is 2.93 bits per heavy atom. The van der Waals surface area contributed by atoms with Crippen molar-refractivity contribution in [1.82, 2.24) is 10.3 Å². The van der Waals surface area contributed by atoms with Gasteiger partial charge in [-0.25, -0.2) is 0 Å². The summed E-state index contributed by atoms with van der Waals surface area (Å²) in [5, 5.41) is 2.78. The van der Waals surface area contributed by atoms with Crippen molar-refractivity contribution >= 4 is 17.7 Å². The number of aromatic nitrogens is 1. The number of nitrogens with one attached hydrogen (secondary N) is 2. The summed E-state index contributed by atoms with van der Waals surface area (Å²) in [5.74, 6) is 0.888. The van der Waals surface area contributed by atoms with Gasteiger partial charge in [-0.15, -0.1) is 0 Å². The van der Waals surface area contributed by atoms with Crippen molar-refractivity contribution in [1.29, 1.82) is 0 Å². The summed E-state index contributed by atoms with van der Waals surface area (Å²) in [6.07, 6.45) is 4.41. The largest absolute Gasteiger partial charge is 0.352 e. The van der Waals surface area contributed by atoms with E-state index in [1.165, 1.54) is 18.3 Å². The fourth-order valence-corrected chi connectivity index (χ4v) is 1.51. The summed E-state index contributed by atoms with van der Waals surface area (Å²) < 4.78 is 0. The van der Waals surface area contributed by atoms with Crippen LogP contribution < -0.4 is 10.9 Å². The molecule has 0 saturated carbocycles. The molecule has 0 aromatic carbocycles. The molecule has 0 radical (unpaired) electrons. The SMILES string of the molecule is CSCCCNC(=O)c1ccc(=O)[nH]c1. The summed E-state index contributed by atoms with van der Waals surface area (Å²) in [7, 11) is 0. The van der Waals surface area contributed by atoms with Crippen LogP contribution in [0.5, 0.6) is 0 Å². The molecule has 15 heavy (non-hydrogen) atoms. The Morgan fingerprint density at radius 2 is 2.33 bits per heavy atom. The first kappa shape index (κ1) is 11.8. The average molecular weight is 226 g/mol. The van der Waals surface area contributed by atoms with E-state index in [4.69, 9.17) is 0 Å². The Morgan fingerprint density at radius 1 is 1.53 bits per heavy atom. The predicted molar refractivity (Wildman–Crippen MR) is 62.4 cm³/mol. The zero-order chi connectivity index (χ0) is 11.1. The van der Waals surface area contributed by atoms with Crippen molar-refractivity contribution < 1.29 is 4.79 Å². The molecule has 2 N–H and O–H groups in total. The predicted octanol–water partition coefficient (Wildman–Crippen LogP) is 0.858. The highest BCUT2D eigenvalue weighted by molar-refractivity contribution is 7.98. The van der Waals surface area contributed by atoms with Gasteiger partial charge in [0.15, 0.2) is 0 Å². The van der Waals surface area contributed by atoms with Gasteiger partial charge in [0.1, 0.15) is 0 Å². The Balaban J connectivity index is 2.40. The monoisotopic (exact) mass is 226 g/mol. The number of H-pyrrole nitrogens is 1. The molecular formula is C10H14N2O2S. The summed E-state index contributed by atoms with van der Waals surface area (Å²) in [5.41, 5.74) is 0.285. The fourth-order valence-electron chi connectivity index (χ4n) is 1.07. The van der Waals surface area contributed by atoms with Crippen LogP contribution in [0.25, 0.3) is 0 Å². The molecule has 0 fully saturated rings. The maximum absolute atomic E-state index is 11.5. The number of carbonyl (C=O) groups excluding carboxylic acids is 1. The highest BCUT2D eigenvalue weighted by Gasteiger charge is 2.03. The third-order valence-electron chi connectivity index (χ3n) is 1.86. The van der Waals surface area contributed by atoms with Crippen LogP contribution in [-0.2, 0) is 0 Å². The van der Waals surface area contributed by atoms with Crippen molar-refractivity contribution in [3.05, 3.63) is 34.2 Å². The second-order valence-corrected chi connectivity index (χ2v) is 4.03. The molecule has 1 rings (SSSR count). The Bertz CT molecular complexity index is 355. The molecule has 1 aromatic heterocycles. The number of hydrogen-bond acceptors (Lipinski definition) is 3. The van der Waals surface area contributed by atoms with E-state index >= 15 is 0 Å². The molecule has 0 saturated heterocycles.